The lowest BCUT2D eigenvalue weighted by Crippen LogP contribution is -2.54. The molecule has 3 nitrogen and oxygen atoms in total. The summed E-state index contributed by atoms with van der Waals surface area (Å²) in [6, 6.07) is 2.71. The first-order chi connectivity index (χ1) is 9.74. The van der Waals surface area contributed by atoms with Gasteiger partial charge < -0.3 is 10.6 Å². The predicted molar refractivity (Wildman–Crippen MR) is 82.8 cm³/mol. The van der Waals surface area contributed by atoms with Gasteiger partial charge >= 0.3 is 0 Å². The van der Waals surface area contributed by atoms with Crippen molar-refractivity contribution in [1.82, 2.24) is 10.6 Å². The molecular formula is C16H24N2OS. The number of nitrogens with one attached hydrogen (secondary N) is 2. The molecule has 1 aliphatic heterocycles. The van der Waals surface area contributed by atoms with Gasteiger partial charge in [0.25, 0.3) is 0 Å². The van der Waals surface area contributed by atoms with E-state index in [1.807, 2.05) is 0 Å². The Morgan fingerprint density at radius 2 is 2.20 bits per heavy atom. The smallest absolute Gasteiger partial charge is 0.237 e. The van der Waals surface area contributed by atoms with E-state index in [1.54, 1.807) is 11.3 Å². The van der Waals surface area contributed by atoms with E-state index in [9.17, 15) is 4.79 Å². The summed E-state index contributed by atoms with van der Waals surface area (Å²) in [4.78, 5) is 13.6. The van der Waals surface area contributed by atoms with E-state index in [0.29, 0.717) is 12.6 Å². The van der Waals surface area contributed by atoms with Crippen LogP contribution in [-0.4, -0.2) is 18.0 Å². The molecule has 1 aromatic heterocycles. The Kier molecular flexibility index (Phi) is 4.41. The maximum absolute atomic E-state index is 12.3. The summed E-state index contributed by atoms with van der Waals surface area (Å²) in [6.07, 6.45) is 7.50. The molecule has 2 fully saturated rings. The second kappa shape index (κ2) is 6.27. The summed E-state index contributed by atoms with van der Waals surface area (Å²) < 4.78 is 0. The van der Waals surface area contributed by atoms with Crippen LogP contribution < -0.4 is 10.6 Å². The van der Waals surface area contributed by atoms with Gasteiger partial charge in [-0.05, 0) is 55.5 Å². The zero-order chi connectivity index (χ0) is 13.9. The summed E-state index contributed by atoms with van der Waals surface area (Å²) in [5.74, 6) is 0.995. The Hall–Kier alpha value is -0.870. The van der Waals surface area contributed by atoms with Crippen LogP contribution in [0.4, 0.5) is 0 Å². The summed E-state index contributed by atoms with van der Waals surface area (Å²) in [5.41, 5.74) is 1.28. The third-order valence-electron chi connectivity index (χ3n) is 4.86. The second-order valence-corrected chi connectivity index (χ2v) is 7.19. The van der Waals surface area contributed by atoms with Crippen molar-refractivity contribution in [2.75, 3.05) is 0 Å². The summed E-state index contributed by atoms with van der Waals surface area (Å²) in [7, 11) is 0. The summed E-state index contributed by atoms with van der Waals surface area (Å²) in [5, 5.41) is 8.78. The average molecular weight is 292 g/mol. The first-order valence-electron chi connectivity index (χ1n) is 7.81. The molecule has 3 unspecified atom stereocenters. The number of thiophene rings is 1. The minimum absolute atomic E-state index is 0.0228. The van der Waals surface area contributed by atoms with Gasteiger partial charge in [-0.3, -0.25) is 4.79 Å². The van der Waals surface area contributed by atoms with Crippen molar-refractivity contribution in [3.63, 3.8) is 0 Å². The Morgan fingerprint density at radius 3 is 3.00 bits per heavy atom. The zero-order valence-corrected chi connectivity index (χ0v) is 13.0. The quantitative estimate of drug-likeness (QED) is 0.899. The standard InChI is InChI=1S/C16H24N2OS/c1-11-8-9-20-15(11)10-17-16(19)14-7-6-12-4-2-3-5-13(12)18-14/h8-9,12-14,18H,2-7,10H2,1H3,(H,17,19). The number of aryl methyl sites for hydroxylation is 1. The molecule has 0 bridgehead atoms. The SMILES string of the molecule is Cc1ccsc1CNC(=O)C1CCC2CCCCC2N1. The number of carbonyl (C=O) groups is 1. The second-order valence-electron chi connectivity index (χ2n) is 6.19. The highest BCUT2D eigenvalue weighted by Gasteiger charge is 2.34. The number of amides is 1. The molecule has 20 heavy (non-hydrogen) atoms. The lowest BCUT2D eigenvalue weighted by Gasteiger charge is -2.39. The Bertz CT molecular complexity index is 471. The molecule has 4 heteroatoms. The van der Waals surface area contributed by atoms with Gasteiger partial charge in [0.15, 0.2) is 0 Å². The normalized spacial score (nSPS) is 29.8. The molecule has 1 aliphatic carbocycles. The summed E-state index contributed by atoms with van der Waals surface area (Å²) >= 11 is 1.72. The van der Waals surface area contributed by atoms with Crippen molar-refractivity contribution < 1.29 is 4.79 Å². The molecule has 1 saturated carbocycles. The molecule has 1 saturated heterocycles. The van der Waals surface area contributed by atoms with Crippen molar-refractivity contribution in [1.29, 1.82) is 0 Å². The van der Waals surface area contributed by atoms with E-state index >= 15 is 0 Å². The molecule has 0 aromatic carbocycles. The van der Waals surface area contributed by atoms with Gasteiger partial charge in [-0.25, -0.2) is 0 Å². The van der Waals surface area contributed by atoms with E-state index in [2.05, 4.69) is 29.0 Å². The Balaban J connectivity index is 1.51. The number of hydrogen-bond acceptors (Lipinski definition) is 3. The van der Waals surface area contributed by atoms with E-state index < -0.39 is 0 Å². The van der Waals surface area contributed by atoms with E-state index in [1.165, 1.54) is 42.5 Å². The van der Waals surface area contributed by atoms with Crippen LogP contribution in [0.3, 0.4) is 0 Å². The van der Waals surface area contributed by atoms with Gasteiger partial charge in [-0.15, -0.1) is 11.3 Å². The van der Waals surface area contributed by atoms with Crippen molar-refractivity contribution in [2.45, 2.75) is 64.1 Å². The highest BCUT2D eigenvalue weighted by atomic mass is 32.1. The first-order valence-corrected chi connectivity index (χ1v) is 8.69. The van der Waals surface area contributed by atoms with Crippen LogP contribution in [0.25, 0.3) is 0 Å². The van der Waals surface area contributed by atoms with Crippen LogP contribution in [0, 0.1) is 12.8 Å². The Labute approximate surface area is 125 Å². The largest absolute Gasteiger partial charge is 0.350 e. The van der Waals surface area contributed by atoms with Crippen molar-refractivity contribution in [3.8, 4) is 0 Å². The van der Waals surface area contributed by atoms with Crippen LogP contribution in [-0.2, 0) is 11.3 Å². The molecule has 3 atom stereocenters. The molecule has 1 aromatic rings. The van der Waals surface area contributed by atoms with Gasteiger partial charge in [0.1, 0.15) is 0 Å². The van der Waals surface area contributed by atoms with Gasteiger partial charge in [0.05, 0.1) is 12.6 Å². The van der Waals surface area contributed by atoms with E-state index in [0.717, 1.165) is 12.3 Å². The molecular weight excluding hydrogens is 268 g/mol. The zero-order valence-electron chi connectivity index (χ0n) is 12.2. The molecule has 1 amide bonds. The fraction of sp³-hybridized carbons (Fsp3) is 0.688. The first kappa shape index (κ1) is 14.1. The van der Waals surface area contributed by atoms with E-state index in [-0.39, 0.29) is 11.9 Å². The van der Waals surface area contributed by atoms with Crippen molar-refractivity contribution in [3.05, 3.63) is 21.9 Å². The Morgan fingerprint density at radius 1 is 1.35 bits per heavy atom. The summed E-state index contributed by atoms with van der Waals surface area (Å²) in [6.45, 7) is 2.78. The highest BCUT2D eigenvalue weighted by Crippen LogP contribution is 2.32. The predicted octanol–water partition coefficient (Wildman–Crippen LogP) is 2.98. The maximum Gasteiger partial charge on any atom is 0.237 e. The maximum atomic E-state index is 12.3. The lowest BCUT2D eigenvalue weighted by atomic mass is 9.77. The third kappa shape index (κ3) is 3.07. The number of piperidine rings is 1. The molecule has 2 N–H and O–H groups in total. The fourth-order valence-corrected chi connectivity index (χ4v) is 4.42. The third-order valence-corrected chi connectivity index (χ3v) is 5.88. The molecule has 0 spiro atoms. The minimum atomic E-state index is 0.0228. The fourth-order valence-electron chi connectivity index (χ4n) is 3.58. The van der Waals surface area contributed by atoms with Crippen molar-refractivity contribution >= 4 is 17.2 Å². The van der Waals surface area contributed by atoms with Gasteiger partial charge in [-0.1, -0.05) is 12.8 Å². The number of rotatable bonds is 3. The number of hydrogen-bond donors (Lipinski definition) is 2. The van der Waals surface area contributed by atoms with Gasteiger partial charge in [0, 0.05) is 10.9 Å². The van der Waals surface area contributed by atoms with Crippen LogP contribution in [0.5, 0.6) is 0 Å². The van der Waals surface area contributed by atoms with Crippen molar-refractivity contribution in [2.24, 2.45) is 5.92 Å². The molecule has 2 aliphatic rings. The topological polar surface area (TPSA) is 41.1 Å². The monoisotopic (exact) mass is 292 g/mol. The molecule has 110 valence electrons. The number of carbonyl (C=O) groups excluding carboxylic acids is 1. The lowest BCUT2D eigenvalue weighted by molar-refractivity contribution is -0.124. The minimum Gasteiger partial charge on any atom is -0.350 e. The van der Waals surface area contributed by atoms with Crippen LogP contribution in [0.15, 0.2) is 11.4 Å². The molecule has 0 radical (unpaired) electrons. The molecule has 2 heterocycles. The van der Waals surface area contributed by atoms with Gasteiger partial charge in [0.2, 0.25) is 5.91 Å². The van der Waals surface area contributed by atoms with Crippen LogP contribution in [0.1, 0.15) is 49.0 Å². The molecule has 3 rings (SSSR count). The number of fused-ring (bicyclic) bond motifs is 1. The van der Waals surface area contributed by atoms with Gasteiger partial charge in [-0.2, -0.15) is 0 Å². The van der Waals surface area contributed by atoms with Crippen LogP contribution in [0.2, 0.25) is 0 Å². The van der Waals surface area contributed by atoms with Crippen LogP contribution >= 0.6 is 11.3 Å². The van der Waals surface area contributed by atoms with E-state index in [4.69, 9.17) is 0 Å². The highest BCUT2D eigenvalue weighted by molar-refractivity contribution is 7.10. The average Bonchev–Trinajstić information content (AvgIpc) is 2.89.